The summed E-state index contributed by atoms with van der Waals surface area (Å²) in [7, 11) is 0. The van der Waals surface area contributed by atoms with Gasteiger partial charge in [0.15, 0.2) is 22.3 Å². The first kappa shape index (κ1) is 67.3. The zero-order chi connectivity index (χ0) is 67.4. The molecule has 4 aromatic heterocycles. The van der Waals surface area contributed by atoms with Gasteiger partial charge in [0.1, 0.15) is 28.1 Å². The summed E-state index contributed by atoms with van der Waals surface area (Å²) in [4.78, 5) is 25.4. The minimum Gasteiger partial charge on any atom is -0.437 e. The lowest BCUT2D eigenvalue weighted by atomic mass is 9.91. The van der Waals surface area contributed by atoms with Crippen LogP contribution in [0.25, 0.3) is 103 Å². The molecule has 91 heavy (non-hydrogen) atoms. The zero-order valence-electron chi connectivity index (χ0n) is 44.5. The number of alkyl halides is 18. The fourth-order valence-electron chi connectivity index (χ4n) is 9.18. The van der Waals surface area contributed by atoms with Gasteiger partial charge in [-0.25, -0.2) is 44.4 Å². The highest BCUT2D eigenvalue weighted by Gasteiger charge is 2.44. The first-order chi connectivity index (χ1) is 42.3. The van der Waals surface area contributed by atoms with Crippen molar-refractivity contribution in [1.29, 1.82) is 15.8 Å². The number of rotatable bonds is 6. The van der Waals surface area contributed by atoms with Crippen molar-refractivity contribution in [3.8, 4) is 62.7 Å². The molecule has 0 radical (unpaired) electrons. The number of nitrogens with zero attached hydrogens (tertiary/aromatic N) is 10. The van der Waals surface area contributed by atoms with Gasteiger partial charge in [0.2, 0.25) is 11.8 Å². The number of hydrogen-bond donors (Lipinski definition) is 0. The molecule has 0 bridgehead atoms. The molecule has 0 N–H and O–H groups in total. The fraction of sp³-hybridized carbons (Fsp3) is 0.193. The van der Waals surface area contributed by atoms with E-state index in [2.05, 4.69) is 34.5 Å². The van der Waals surface area contributed by atoms with Crippen molar-refractivity contribution in [3.63, 3.8) is 0 Å². The van der Waals surface area contributed by atoms with Gasteiger partial charge in [-0.2, -0.15) is 99.8 Å². The molecule has 0 saturated carbocycles. The number of halogens is 20. The van der Waals surface area contributed by atoms with Gasteiger partial charge in [-0.3, -0.25) is 0 Å². The summed E-state index contributed by atoms with van der Waals surface area (Å²) in [5.41, 5.74) is -14.0. The molecule has 464 valence electrons. The van der Waals surface area contributed by atoms with Crippen LogP contribution in [0.5, 0.6) is 0 Å². The third-order valence-electron chi connectivity index (χ3n) is 13.0. The van der Waals surface area contributed by atoms with Gasteiger partial charge >= 0.3 is 49.1 Å². The number of fused-ring (bicyclic) bond motifs is 4. The van der Waals surface area contributed by atoms with Crippen molar-refractivity contribution >= 4 is 89.6 Å². The van der Waals surface area contributed by atoms with Gasteiger partial charge in [-0.05, 0) is 84.6 Å². The van der Waals surface area contributed by atoms with Crippen LogP contribution >= 0.6 is 45.2 Å². The average molecular weight is 1510 g/mol. The van der Waals surface area contributed by atoms with Crippen molar-refractivity contribution in [2.24, 2.45) is 0 Å². The summed E-state index contributed by atoms with van der Waals surface area (Å²) in [5.74, 6) is -3.07. The molecule has 10 aromatic rings. The second-order valence-electron chi connectivity index (χ2n) is 18.6. The van der Waals surface area contributed by atoms with E-state index < -0.39 is 133 Å². The summed E-state index contributed by atoms with van der Waals surface area (Å²) >= 11 is 3.30. The average Bonchev–Trinajstić information content (AvgIpc) is 1.65. The Bertz CT molecular complexity index is 4650. The van der Waals surface area contributed by atoms with Gasteiger partial charge in [-0.1, -0.05) is 24.3 Å². The van der Waals surface area contributed by atoms with Crippen molar-refractivity contribution in [2.45, 2.75) is 63.0 Å². The van der Waals surface area contributed by atoms with Crippen molar-refractivity contribution in [3.05, 3.63) is 171 Å². The minimum absolute atomic E-state index is 0.00664. The Morgan fingerprint density at radius 2 is 0.747 bits per heavy atom. The molecule has 0 unspecified atom stereocenters. The van der Waals surface area contributed by atoms with E-state index in [4.69, 9.17) is 42.6 Å². The second kappa shape index (κ2) is 24.6. The van der Waals surface area contributed by atoms with Gasteiger partial charge in [0, 0.05) is 56.3 Å². The quantitative estimate of drug-likeness (QED) is 0.0667. The van der Waals surface area contributed by atoms with Crippen LogP contribution in [0.2, 0.25) is 0 Å². The summed E-state index contributed by atoms with van der Waals surface area (Å²) in [6.45, 7) is 23.3. The monoisotopic (exact) mass is 1510 g/mol. The minimum atomic E-state index is -5.43. The second-order valence-corrected chi connectivity index (χ2v) is 20.5. The first-order valence-electron chi connectivity index (χ1n) is 24.3. The van der Waals surface area contributed by atoms with Crippen LogP contribution in [0.1, 0.15) is 68.4 Å². The highest BCUT2D eigenvalue weighted by atomic mass is 127. The molecule has 14 nitrogen and oxygen atoms in total. The largest absolute Gasteiger partial charge is 0.553 e. The smallest absolute Gasteiger partial charge is 0.437 e. The Balaban J connectivity index is 0.000000221. The molecule has 0 aliphatic carbocycles. The SMILES string of the molecule is Cc1cc(C(F)(F)F)ccc1-c1c2nc(I)oc2c(-c2ccc(C(F)(F)F)cc2C(F)(F)F)c2nc(I)oc12.[C-]#[N+]C([N+]#[C-])c1nc2c(-c3ccc(C(F)(F)F)cc3C(F)(F)F)c3oc(C(C#N)C#N)nc3c(-c3ccc(C(F)(F)F)cc3C)c2o1.[C-]#[N+]CC#N. The predicted octanol–water partition coefficient (Wildman–Crippen LogP) is 19.9. The van der Waals surface area contributed by atoms with E-state index in [1.54, 1.807) is 63.4 Å². The van der Waals surface area contributed by atoms with Gasteiger partial charge in [0.05, 0.1) is 67.8 Å². The van der Waals surface area contributed by atoms with Gasteiger partial charge < -0.3 is 22.5 Å². The highest BCUT2D eigenvalue weighted by Crippen LogP contribution is 2.52. The van der Waals surface area contributed by atoms with Gasteiger partial charge in [-0.15, -0.1) is 0 Å². The molecule has 0 atom stereocenters. The van der Waals surface area contributed by atoms with E-state index in [9.17, 15) is 89.6 Å². The van der Waals surface area contributed by atoms with Crippen LogP contribution < -0.4 is 0 Å². The number of oxazole rings is 4. The number of aryl methyl sites for hydroxylation is 2. The first-order valence-corrected chi connectivity index (χ1v) is 26.5. The summed E-state index contributed by atoms with van der Waals surface area (Å²) in [5, 5.41) is 26.5. The van der Waals surface area contributed by atoms with E-state index in [1.807, 2.05) is 0 Å². The third kappa shape index (κ3) is 13.3. The van der Waals surface area contributed by atoms with Crippen molar-refractivity contribution in [1.82, 2.24) is 19.9 Å². The van der Waals surface area contributed by atoms with E-state index in [-0.39, 0.29) is 87.6 Å². The molecule has 0 aliphatic heterocycles. The van der Waals surface area contributed by atoms with Crippen LogP contribution in [0.15, 0.2) is 90.5 Å². The maximum Gasteiger partial charge on any atom is 0.553 e. The van der Waals surface area contributed by atoms with Crippen LogP contribution in [0, 0.1) is 75.4 Å². The zero-order valence-corrected chi connectivity index (χ0v) is 48.8. The lowest BCUT2D eigenvalue weighted by Gasteiger charge is -2.17. The van der Waals surface area contributed by atoms with Gasteiger partial charge in [0.25, 0.3) is 14.3 Å². The summed E-state index contributed by atoms with van der Waals surface area (Å²) in [6.07, 6.45) is -32.1. The third-order valence-corrected chi connectivity index (χ3v) is 13.9. The van der Waals surface area contributed by atoms with E-state index in [1.165, 1.54) is 19.9 Å². The van der Waals surface area contributed by atoms with Crippen LogP contribution in [0.4, 0.5) is 79.0 Å². The highest BCUT2D eigenvalue weighted by molar-refractivity contribution is 14.1. The Kier molecular flexibility index (Phi) is 18.2. The van der Waals surface area contributed by atoms with E-state index in [0.29, 0.717) is 30.3 Å². The summed E-state index contributed by atoms with van der Waals surface area (Å²) in [6, 6.07) is 11.9. The maximum atomic E-state index is 14.4. The molecule has 0 aliphatic rings. The topological polar surface area (TPSA) is 189 Å². The molecule has 0 amide bonds. The molecule has 0 fully saturated rings. The fourth-order valence-corrected chi connectivity index (χ4v) is 10.1. The maximum absolute atomic E-state index is 14.4. The van der Waals surface area contributed by atoms with Crippen molar-refractivity contribution < 1.29 is 96.7 Å². The summed E-state index contributed by atoms with van der Waals surface area (Å²) < 4.78 is 269. The lowest BCUT2D eigenvalue weighted by Crippen LogP contribution is -2.12. The number of aromatic nitrogens is 4. The van der Waals surface area contributed by atoms with Crippen LogP contribution in [-0.2, 0) is 37.1 Å². The molecule has 4 heterocycles. The molecule has 34 heteroatoms. The van der Waals surface area contributed by atoms with E-state index in [0.717, 1.165) is 24.3 Å². The lowest BCUT2D eigenvalue weighted by molar-refractivity contribution is -0.144. The molecule has 6 aromatic carbocycles. The Hall–Kier alpha value is -9.66. The molecular formula is C57H22F18I2N10O4. The molecule has 0 spiro atoms. The molecular weight excluding hydrogens is 1480 g/mol. The van der Waals surface area contributed by atoms with E-state index >= 15 is 0 Å². The van der Waals surface area contributed by atoms with Crippen LogP contribution in [-0.4, -0.2) is 26.5 Å². The number of hydrogen-bond acceptors (Lipinski definition) is 11. The normalized spacial score (nSPS) is 12.2. The standard InChI is InChI=1S/C30H11F9N6O2.C24H9F9I2N2O2.C3H2N2/c1-12-8-14(28(31,32)33)4-6-16(12)19-21-24(46-26(44-21)13(10-40)11-41)20(22-23(19)47-27(45-22)25(42-2)43-3)17-7-5-15(29(34,35)36)9-18(17)30(37,38)39;1-8-6-9(22(25,26)27)2-4-11(8)14-16-19(39-20(34)36-16)15(17-18(14)38-21(35)37-17)12-5-3-10(23(28,29)30)7-13(12)24(31,32)33;1-5-3-2-4/h4-9,13,25H,1H3;2-7H,1H3;3H2. The van der Waals surface area contributed by atoms with Crippen molar-refractivity contribution in [2.75, 3.05) is 6.54 Å². The predicted molar refractivity (Wildman–Crippen MR) is 297 cm³/mol. The number of benzene rings is 6. The Morgan fingerprint density at radius 3 is 1.04 bits per heavy atom. The molecule has 10 rings (SSSR count). The molecule has 0 saturated heterocycles. The van der Waals surface area contributed by atoms with Crippen LogP contribution in [0.3, 0.4) is 0 Å². The number of nitriles is 3. The Morgan fingerprint density at radius 1 is 0.440 bits per heavy atom. The Labute approximate surface area is 522 Å².